The number of aliphatic carboxylic acids is 1. The molecule has 0 aromatic heterocycles. The molecule has 1 aliphatic heterocycles. The van der Waals surface area contributed by atoms with Gasteiger partial charge in [-0.1, -0.05) is 60.7 Å². The molecule has 220 valence electrons. The molecule has 1 heterocycles. The number of ether oxygens (including phenoxy) is 4. The molecule has 0 spiro atoms. The van der Waals surface area contributed by atoms with Crippen LogP contribution in [0.4, 0.5) is 0 Å². The van der Waals surface area contributed by atoms with Crippen LogP contribution in [0.3, 0.4) is 0 Å². The quantitative estimate of drug-likeness (QED) is 0.296. The maximum Gasteiger partial charge on any atom is 0.312 e. The molecule has 2 aromatic carbocycles. The van der Waals surface area contributed by atoms with Crippen molar-refractivity contribution in [2.45, 2.75) is 70.1 Å². The molecule has 10 nitrogen and oxygen atoms in total. The van der Waals surface area contributed by atoms with E-state index in [2.05, 4.69) is 10.1 Å². The molecule has 1 saturated heterocycles. The summed E-state index contributed by atoms with van der Waals surface area (Å²) in [4.78, 5) is 33.1. The summed E-state index contributed by atoms with van der Waals surface area (Å²) in [5.41, 5.74) is 2.14. The highest BCUT2D eigenvalue weighted by atomic mass is 16.5. The van der Waals surface area contributed by atoms with Gasteiger partial charge in [-0.3, -0.25) is 14.4 Å². The van der Waals surface area contributed by atoms with Crippen LogP contribution in [0.5, 0.6) is 0 Å². The Morgan fingerprint density at radius 1 is 0.900 bits per heavy atom. The number of benzene rings is 2. The number of carboxylic acids is 1. The van der Waals surface area contributed by atoms with Crippen LogP contribution in [0.15, 0.2) is 60.7 Å². The van der Waals surface area contributed by atoms with Crippen molar-refractivity contribution in [1.29, 1.82) is 0 Å². The van der Waals surface area contributed by atoms with Crippen molar-refractivity contribution in [3.8, 4) is 0 Å². The van der Waals surface area contributed by atoms with Crippen LogP contribution < -0.4 is 5.32 Å². The molecule has 3 N–H and O–H groups in total. The third-order valence-electron chi connectivity index (χ3n) is 6.56. The third kappa shape index (κ3) is 11.8. The molecule has 0 bridgehead atoms. The molecule has 0 aliphatic carbocycles. The average Bonchev–Trinajstić information content (AvgIpc) is 3.43. The van der Waals surface area contributed by atoms with Gasteiger partial charge in [0, 0.05) is 25.4 Å². The SMILES string of the molecule is CC(=O)O.COC(=O)CC[C@H](O)[C@H](C(=O)OC)[C@@H]1CC[C@@H]([C@@H](COCc2ccccc2)OCc2ccccc2)N1. The fourth-order valence-electron chi connectivity index (χ4n) is 4.58. The summed E-state index contributed by atoms with van der Waals surface area (Å²) in [6.45, 7) is 2.37. The van der Waals surface area contributed by atoms with Crippen molar-refractivity contribution >= 4 is 17.9 Å². The van der Waals surface area contributed by atoms with Crippen LogP contribution in [0.25, 0.3) is 0 Å². The first kappa shape index (κ1) is 32.9. The fraction of sp³-hybridized carbons (Fsp3) is 0.500. The minimum atomic E-state index is -1.04. The number of methoxy groups -OCH3 is 2. The minimum Gasteiger partial charge on any atom is -0.481 e. The molecule has 0 saturated carbocycles. The largest absolute Gasteiger partial charge is 0.481 e. The maximum atomic E-state index is 12.6. The lowest BCUT2D eigenvalue weighted by atomic mass is 9.90. The van der Waals surface area contributed by atoms with Crippen molar-refractivity contribution in [2.24, 2.45) is 5.92 Å². The highest BCUT2D eigenvalue weighted by Crippen LogP contribution is 2.27. The second-order valence-corrected chi connectivity index (χ2v) is 9.54. The van der Waals surface area contributed by atoms with Crippen molar-refractivity contribution in [2.75, 3.05) is 20.8 Å². The number of hydrogen-bond donors (Lipinski definition) is 3. The zero-order chi connectivity index (χ0) is 29.3. The van der Waals surface area contributed by atoms with E-state index < -0.39 is 29.9 Å². The van der Waals surface area contributed by atoms with Crippen molar-refractivity contribution in [3.05, 3.63) is 71.8 Å². The van der Waals surface area contributed by atoms with Gasteiger partial charge in [0.2, 0.25) is 0 Å². The van der Waals surface area contributed by atoms with Gasteiger partial charge in [0.15, 0.2) is 0 Å². The molecule has 40 heavy (non-hydrogen) atoms. The molecule has 1 aliphatic rings. The summed E-state index contributed by atoms with van der Waals surface area (Å²) in [5.74, 6) is -2.57. The van der Waals surface area contributed by atoms with E-state index in [4.69, 9.17) is 24.1 Å². The van der Waals surface area contributed by atoms with E-state index >= 15 is 0 Å². The predicted molar refractivity (Wildman–Crippen MR) is 147 cm³/mol. The monoisotopic (exact) mass is 559 g/mol. The Labute approximate surface area is 235 Å². The topological polar surface area (TPSA) is 141 Å². The first-order valence-electron chi connectivity index (χ1n) is 13.3. The lowest BCUT2D eigenvalue weighted by molar-refractivity contribution is -0.152. The third-order valence-corrected chi connectivity index (χ3v) is 6.56. The van der Waals surface area contributed by atoms with Gasteiger partial charge in [0.1, 0.15) is 0 Å². The summed E-state index contributed by atoms with van der Waals surface area (Å²) in [7, 11) is 2.60. The summed E-state index contributed by atoms with van der Waals surface area (Å²) in [6, 6.07) is 19.5. The smallest absolute Gasteiger partial charge is 0.312 e. The Bertz CT molecular complexity index is 1010. The van der Waals surface area contributed by atoms with E-state index in [9.17, 15) is 14.7 Å². The van der Waals surface area contributed by atoms with Crippen molar-refractivity contribution in [3.63, 3.8) is 0 Å². The minimum absolute atomic E-state index is 0.0252. The molecule has 2 aromatic rings. The maximum absolute atomic E-state index is 12.6. The Balaban J connectivity index is 0.00000131. The number of aliphatic hydroxyl groups is 1. The van der Waals surface area contributed by atoms with Gasteiger partial charge in [-0.05, 0) is 30.4 Å². The zero-order valence-corrected chi connectivity index (χ0v) is 23.4. The summed E-state index contributed by atoms with van der Waals surface area (Å²) < 4.78 is 22.0. The predicted octanol–water partition coefficient (Wildman–Crippen LogP) is 3.10. The Hall–Kier alpha value is -3.31. The molecule has 0 radical (unpaired) electrons. The number of hydrogen-bond acceptors (Lipinski definition) is 9. The lowest BCUT2D eigenvalue weighted by Crippen LogP contribution is -2.49. The Kier molecular flexibility index (Phi) is 14.9. The molecule has 5 atom stereocenters. The van der Waals surface area contributed by atoms with E-state index in [1.807, 2.05) is 60.7 Å². The second kappa shape index (κ2) is 18.1. The van der Waals surface area contributed by atoms with Gasteiger partial charge >= 0.3 is 11.9 Å². The van der Waals surface area contributed by atoms with E-state index in [-0.39, 0.29) is 31.0 Å². The fourth-order valence-corrected chi connectivity index (χ4v) is 4.58. The molecular formula is C30H41NO9. The van der Waals surface area contributed by atoms with Crippen LogP contribution in [0.1, 0.15) is 43.7 Å². The number of aliphatic hydroxyl groups excluding tert-OH is 1. The lowest BCUT2D eigenvalue weighted by Gasteiger charge is -2.29. The first-order valence-corrected chi connectivity index (χ1v) is 13.3. The number of carboxylic acid groups (broad SMARTS) is 1. The van der Waals surface area contributed by atoms with E-state index in [1.165, 1.54) is 14.2 Å². The van der Waals surface area contributed by atoms with Gasteiger partial charge in [-0.25, -0.2) is 0 Å². The van der Waals surface area contributed by atoms with Crippen molar-refractivity contribution < 1.29 is 43.5 Å². The summed E-state index contributed by atoms with van der Waals surface area (Å²) in [5, 5.41) is 21.7. The molecule has 10 heteroatoms. The standard InChI is InChI=1S/C28H37NO7.C2H4O2/c1-33-26(31)16-15-24(30)27(28(32)34-2)23-14-13-22(29-23)25(36-18-21-11-7-4-8-12-21)19-35-17-20-9-5-3-6-10-20;1-2(3)4/h3-12,22-25,27,29-30H,13-19H2,1-2H3;1H3,(H,3,4)/t22-,23-,24-,25+,27+;/m0./s1. The zero-order valence-electron chi connectivity index (χ0n) is 23.4. The highest BCUT2D eigenvalue weighted by Gasteiger charge is 2.41. The molecular weight excluding hydrogens is 518 g/mol. The van der Waals surface area contributed by atoms with Crippen LogP contribution in [0.2, 0.25) is 0 Å². The molecule has 1 fully saturated rings. The van der Waals surface area contributed by atoms with Gasteiger partial charge in [0.05, 0.1) is 52.2 Å². The van der Waals surface area contributed by atoms with Crippen molar-refractivity contribution in [1.82, 2.24) is 5.32 Å². The number of nitrogens with one attached hydrogen (secondary N) is 1. The summed E-state index contributed by atoms with van der Waals surface area (Å²) in [6.07, 6.45) is 0.246. The number of carbonyl (C=O) groups is 3. The second-order valence-electron chi connectivity index (χ2n) is 9.54. The van der Waals surface area contributed by atoms with Gasteiger partial charge < -0.3 is 34.5 Å². The first-order chi connectivity index (χ1) is 19.2. The number of esters is 2. The van der Waals surface area contributed by atoms with E-state index in [0.717, 1.165) is 24.5 Å². The van der Waals surface area contributed by atoms with Crippen LogP contribution in [-0.4, -0.2) is 73.2 Å². The Morgan fingerprint density at radius 3 is 2.00 bits per heavy atom. The van der Waals surface area contributed by atoms with Crippen LogP contribution in [0, 0.1) is 5.92 Å². The Morgan fingerprint density at radius 2 is 1.45 bits per heavy atom. The number of rotatable bonds is 14. The molecule has 0 amide bonds. The normalized spacial score (nSPS) is 18.5. The molecule has 3 rings (SSSR count). The summed E-state index contributed by atoms with van der Waals surface area (Å²) >= 11 is 0. The average molecular weight is 560 g/mol. The highest BCUT2D eigenvalue weighted by molar-refractivity contribution is 5.74. The molecule has 0 unspecified atom stereocenters. The van der Waals surface area contributed by atoms with E-state index in [1.54, 1.807) is 0 Å². The number of carbonyl (C=O) groups excluding carboxylic acids is 2. The van der Waals surface area contributed by atoms with Gasteiger partial charge in [0.25, 0.3) is 5.97 Å². The van der Waals surface area contributed by atoms with E-state index in [0.29, 0.717) is 26.2 Å². The van der Waals surface area contributed by atoms with Gasteiger partial charge in [-0.2, -0.15) is 0 Å². The van der Waals surface area contributed by atoms with Crippen LogP contribution >= 0.6 is 0 Å². The van der Waals surface area contributed by atoms with Crippen LogP contribution in [-0.2, 0) is 46.5 Å². The van der Waals surface area contributed by atoms with Gasteiger partial charge in [-0.15, -0.1) is 0 Å².